The van der Waals surface area contributed by atoms with Crippen LogP contribution in [0.1, 0.15) is 45.6 Å². The van der Waals surface area contributed by atoms with Crippen LogP contribution in [0.15, 0.2) is 24.3 Å². The number of non-ortho nitro benzene ring substituents is 1. The fraction of sp³-hybridized carbons (Fsp3) is 0.571. The van der Waals surface area contributed by atoms with E-state index < -0.39 is 16.6 Å². The molecule has 0 aromatic heterocycles. The second-order valence-electron chi connectivity index (χ2n) is 8.33. The number of aldehydes is 1. The maximum atomic E-state index is 12.7. The molecule has 31 heavy (non-hydrogen) atoms. The fourth-order valence-corrected chi connectivity index (χ4v) is 3.24. The van der Waals surface area contributed by atoms with E-state index in [2.05, 4.69) is 0 Å². The Hall–Kier alpha value is -3.17. The summed E-state index contributed by atoms with van der Waals surface area (Å²) < 4.78 is 10.8. The molecule has 1 aromatic rings. The van der Waals surface area contributed by atoms with Crippen LogP contribution in [0.5, 0.6) is 0 Å². The number of amides is 2. The molecule has 0 bridgehead atoms. The molecule has 0 unspecified atom stereocenters. The lowest BCUT2D eigenvalue weighted by atomic mass is 10.0. The molecule has 2 rings (SSSR count). The molecule has 1 fully saturated rings. The molecule has 1 saturated heterocycles. The van der Waals surface area contributed by atoms with Gasteiger partial charge in [-0.1, -0.05) is 0 Å². The SMILES string of the molecule is CC(C)(C)OC(=O)N1CCC(N(CCC=O)C(=O)OCc2ccc([N+](=O)[O-])cc2)CC1. The minimum absolute atomic E-state index is 0.0365. The van der Waals surface area contributed by atoms with E-state index in [1.54, 1.807) is 25.7 Å². The van der Waals surface area contributed by atoms with Crippen molar-refractivity contribution in [1.82, 2.24) is 9.80 Å². The summed E-state index contributed by atoms with van der Waals surface area (Å²) in [4.78, 5) is 49.1. The van der Waals surface area contributed by atoms with Crippen LogP contribution in [0.25, 0.3) is 0 Å². The summed E-state index contributed by atoms with van der Waals surface area (Å²) in [5.41, 5.74) is -0.000493. The van der Waals surface area contributed by atoms with E-state index in [4.69, 9.17) is 9.47 Å². The van der Waals surface area contributed by atoms with Gasteiger partial charge in [-0.15, -0.1) is 0 Å². The van der Waals surface area contributed by atoms with Crippen LogP contribution in [-0.4, -0.2) is 64.5 Å². The average Bonchev–Trinajstić information content (AvgIpc) is 2.72. The second kappa shape index (κ2) is 10.7. The monoisotopic (exact) mass is 435 g/mol. The number of nitrogens with zero attached hydrogens (tertiary/aromatic N) is 3. The molecule has 0 radical (unpaired) electrons. The highest BCUT2D eigenvalue weighted by Gasteiger charge is 2.32. The number of nitro groups is 1. The van der Waals surface area contributed by atoms with Crippen LogP contribution in [0.2, 0.25) is 0 Å². The molecule has 1 heterocycles. The van der Waals surface area contributed by atoms with Crippen LogP contribution >= 0.6 is 0 Å². The zero-order chi connectivity index (χ0) is 23.0. The summed E-state index contributed by atoms with van der Waals surface area (Å²) in [5, 5.41) is 10.7. The van der Waals surface area contributed by atoms with Gasteiger partial charge in [-0.3, -0.25) is 10.1 Å². The topological polar surface area (TPSA) is 119 Å². The standard InChI is InChI=1S/C21H29N3O7/c1-21(2,3)31-19(26)22-12-9-17(10-13-22)23(11-4-14-25)20(27)30-15-16-5-7-18(8-6-16)24(28)29/h5-8,14,17H,4,9-13,15H2,1-3H3. The number of rotatable bonds is 7. The molecule has 1 aliphatic rings. The highest BCUT2D eigenvalue weighted by Crippen LogP contribution is 2.21. The Kier molecular flexibility index (Phi) is 8.35. The number of carbonyl (C=O) groups is 3. The Morgan fingerprint density at radius 3 is 2.35 bits per heavy atom. The van der Waals surface area contributed by atoms with Gasteiger partial charge >= 0.3 is 12.2 Å². The zero-order valence-corrected chi connectivity index (χ0v) is 18.1. The van der Waals surface area contributed by atoms with E-state index >= 15 is 0 Å². The van der Waals surface area contributed by atoms with E-state index in [1.807, 2.05) is 0 Å². The summed E-state index contributed by atoms with van der Waals surface area (Å²) in [6, 6.07) is 5.59. The molecule has 10 nitrogen and oxygen atoms in total. The molecule has 0 spiro atoms. The molecule has 1 aliphatic heterocycles. The van der Waals surface area contributed by atoms with Gasteiger partial charge in [-0.2, -0.15) is 0 Å². The lowest BCUT2D eigenvalue weighted by molar-refractivity contribution is -0.384. The fourth-order valence-electron chi connectivity index (χ4n) is 3.24. The van der Waals surface area contributed by atoms with E-state index in [0.717, 1.165) is 6.29 Å². The van der Waals surface area contributed by atoms with Gasteiger partial charge in [0.05, 0.1) is 4.92 Å². The lowest BCUT2D eigenvalue weighted by Crippen LogP contribution is -2.50. The minimum Gasteiger partial charge on any atom is -0.445 e. The summed E-state index contributed by atoms with van der Waals surface area (Å²) in [7, 11) is 0. The zero-order valence-electron chi connectivity index (χ0n) is 18.1. The van der Waals surface area contributed by atoms with Gasteiger partial charge in [0.1, 0.15) is 18.5 Å². The Bertz CT molecular complexity index is 781. The molecule has 2 amide bonds. The first kappa shape index (κ1) is 24.1. The van der Waals surface area contributed by atoms with Crippen molar-refractivity contribution in [2.75, 3.05) is 19.6 Å². The van der Waals surface area contributed by atoms with Crippen LogP contribution in [-0.2, 0) is 20.9 Å². The highest BCUT2D eigenvalue weighted by molar-refractivity contribution is 5.69. The Labute approximate surface area is 181 Å². The van der Waals surface area contributed by atoms with Gasteiger partial charge in [-0.05, 0) is 51.3 Å². The van der Waals surface area contributed by atoms with E-state index in [0.29, 0.717) is 31.5 Å². The first-order valence-corrected chi connectivity index (χ1v) is 10.2. The maximum Gasteiger partial charge on any atom is 0.410 e. The molecular formula is C21H29N3O7. The Morgan fingerprint density at radius 2 is 1.84 bits per heavy atom. The van der Waals surface area contributed by atoms with Gasteiger partial charge in [0, 0.05) is 44.2 Å². The van der Waals surface area contributed by atoms with Crippen LogP contribution in [0.3, 0.4) is 0 Å². The lowest BCUT2D eigenvalue weighted by Gasteiger charge is -2.38. The Balaban J connectivity index is 1.93. The van der Waals surface area contributed by atoms with Crippen LogP contribution in [0, 0.1) is 10.1 Å². The van der Waals surface area contributed by atoms with Gasteiger partial charge in [0.25, 0.3) is 5.69 Å². The number of hydrogen-bond donors (Lipinski definition) is 0. The van der Waals surface area contributed by atoms with Crippen molar-refractivity contribution in [3.63, 3.8) is 0 Å². The first-order valence-electron chi connectivity index (χ1n) is 10.2. The second-order valence-corrected chi connectivity index (χ2v) is 8.33. The number of likely N-dealkylation sites (tertiary alicyclic amines) is 1. The van der Waals surface area contributed by atoms with Crippen molar-refractivity contribution in [2.24, 2.45) is 0 Å². The van der Waals surface area contributed by atoms with Crippen molar-refractivity contribution in [2.45, 2.75) is 58.3 Å². The van der Waals surface area contributed by atoms with Gasteiger partial charge in [0.15, 0.2) is 0 Å². The number of benzene rings is 1. The van der Waals surface area contributed by atoms with E-state index in [-0.39, 0.29) is 37.4 Å². The van der Waals surface area contributed by atoms with Crippen molar-refractivity contribution >= 4 is 24.2 Å². The van der Waals surface area contributed by atoms with E-state index in [9.17, 15) is 24.5 Å². The van der Waals surface area contributed by atoms with Crippen LogP contribution < -0.4 is 0 Å². The van der Waals surface area contributed by atoms with Gasteiger partial charge in [0.2, 0.25) is 0 Å². The summed E-state index contributed by atoms with van der Waals surface area (Å²) in [5.74, 6) is 0. The van der Waals surface area contributed by atoms with Crippen molar-refractivity contribution < 1.29 is 28.8 Å². The summed E-state index contributed by atoms with van der Waals surface area (Å²) in [6.45, 7) is 6.48. The average molecular weight is 435 g/mol. The van der Waals surface area contributed by atoms with E-state index in [1.165, 1.54) is 29.2 Å². The van der Waals surface area contributed by atoms with Crippen molar-refractivity contribution in [3.8, 4) is 0 Å². The predicted octanol–water partition coefficient (Wildman–Crippen LogP) is 3.52. The smallest absolute Gasteiger partial charge is 0.410 e. The molecule has 1 aromatic carbocycles. The van der Waals surface area contributed by atoms with Crippen molar-refractivity contribution in [1.29, 1.82) is 0 Å². The highest BCUT2D eigenvalue weighted by atomic mass is 16.6. The third-order valence-electron chi connectivity index (χ3n) is 4.79. The molecule has 0 aliphatic carbocycles. The summed E-state index contributed by atoms with van der Waals surface area (Å²) in [6.07, 6.45) is 1.07. The number of carbonyl (C=O) groups excluding carboxylic acids is 3. The molecule has 0 atom stereocenters. The molecule has 170 valence electrons. The predicted molar refractivity (Wildman–Crippen MR) is 111 cm³/mol. The number of piperidine rings is 1. The maximum absolute atomic E-state index is 12.7. The van der Waals surface area contributed by atoms with Crippen molar-refractivity contribution in [3.05, 3.63) is 39.9 Å². The van der Waals surface area contributed by atoms with Gasteiger partial charge in [-0.25, -0.2) is 9.59 Å². The number of ether oxygens (including phenoxy) is 2. The summed E-state index contributed by atoms with van der Waals surface area (Å²) >= 11 is 0. The molecule has 0 N–H and O–H groups in total. The normalized spacial score (nSPS) is 14.6. The molecular weight excluding hydrogens is 406 g/mol. The first-order chi connectivity index (χ1) is 14.6. The minimum atomic E-state index is -0.578. The third-order valence-corrected chi connectivity index (χ3v) is 4.79. The third kappa shape index (κ3) is 7.54. The van der Waals surface area contributed by atoms with Gasteiger partial charge < -0.3 is 24.1 Å². The molecule has 0 saturated carbocycles. The molecule has 10 heteroatoms. The van der Waals surface area contributed by atoms with Crippen LogP contribution in [0.4, 0.5) is 15.3 Å². The quantitative estimate of drug-likeness (QED) is 0.365. The largest absolute Gasteiger partial charge is 0.445 e. The number of nitro benzene ring substituents is 1. The number of hydrogen-bond acceptors (Lipinski definition) is 7. The Morgan fingerprint density at radius 1 is 1.23 bits per heavy atom.